The monoisotopic (exact) mass is 242 g/mol. The average Bonchev–Trinajstić information content (AvgIpc) is 2.69. The minimum atomic E-state index is 0.644. The summed E-state index contributed by atoms with van der Waals surface area (Å²) in [6.07, 6.45) is 6.21. The number of nitrogens with zero attached hydrogens (tertiary/aromatic N) is 2. The zero-order valence-corrected chi connectivity index (χ0v) is 11.4. The van der Waals surface area contributed by atoms with Crippen molar-refractivity contribution in [1.29, 1.82) is 0 Å². The number of rotatable bonds is 4. The molecule has 18 heavy (non-hydrogen) atoms. The molecule has 1 aliphatic carbocycles. The van der Waals surface area contributed by atoms with Crippen LogP contribution in [-0.2, 0) is 6.42 Å². The number of hydrogen-bond donors (Lipinski definition) is 0. The summed E-state index contributed by atoms with van der Waals surface area (Å²) in [4.78, 5) is 0. The molecule has 0 amide bonds. The first-order chi connectivity index (χ1) is 8.83. The van der Waals surface area contributed by atoms with Crippen LogP contribution in [0.1, 0.15) is 51.3 Å². The third-order valence-electron chi connectivity index (χ3n) is 4.31. The fraction of sp³-hybridized carbons (Fsp3) is 0.562. The van der Waals surface area contributed by atoms with Gasteiger partial charge in [-0.15, -0.1) is 0 Å². The third-order valence-corrected chi connectivity index (χ3v) is 4.31. The molecular weight excluding hydrogens is 220 g/mol. The first-order valence-electron chi connectivity index (χ1n) is 7.29. The molecule has 96 valence electrons. The maximum atomic E-state index is 4.89. The molecule has 3 rings (SSSR count). The fourth-order valence-corrected chi connectivity index (χ4v) is 3.09. The Kier molecular flexibility index (Phi) is 3.11. The number of aryl methyl sites for hydroxylation is 1. The Morgan fingerprint density at radius 2 is 2.00 bits per heavy atom. The van der Waals surface area contributed by atoms with Gasteiger partial charge < -0.3 is 0 Å². The quantitative estimate of drug-likeness (QED) is 0.779. The highest BCUT2D eigenvalue weighted by atomic mass is 15.3. The molecule has 0 N–H and O–H groups in total. The maximum Gasteiger partial charge on any atom is 0.0703 e. The first kappa shape index (κ1) is 11.8. The van der Waals surface area contributed by atoms with Crippen LogP contribution in [0, 0.1) is 5.92 Å². The highest BCUT2D eigenvalue weighted by molar-refractivity contribution is 5.82. The Morgan fingerprint density at radius 3 is 2.72 bits per heavy atom. The van der Waals surface area contributed by atoms with E-state index in [0.717, 1.165) is 12.3 Å². The van der Waals surface area contributed by atoms with Gasteiger partial charge in [-0.2, -0.15) is 5.10 Å². The van der Waals surface area contributed by atoms with Crippen LogP contribution >= 0.6 is 0 Å². The zero-order valence-electron chi connectivity index (χ0n) is 11.4. The molecule has 1 saturated carbocycles. The molecule has 0 unspecified atom stereocenters. The highest BCUT2D eigenvalue weighted by Gasteiger charge is 2.30. The maximum absolute atomic E-state index is 4.89. The second-order valence-electron chi connectivity index (χ2n) is 5.56. The van der Waals surface area contributed by atoms with Crippen molar-refractivity contribution < 1.29 is 0 Å². The SMILES string of the molecule is CCCc1nn(C2CC(CC)C2)c2ccccc12. The Hall–Kier alpha value is -1.31. The van der Waals surface area contributed by atoms with Crippen LogP contribution in [0.4, 0.5) is 0 Å². The van der Waals surface area contributed by atoms with Gasteiger partial charge in [0.2, 0.25) is 0 Å². The van der Waals surface area contributed by atoms with E-state index in [1.54, 1.807) is 0 Å². The van der Waals surface area contributed by atoms with Crippen molar-refractivity contribution in [2.45, 2.75) is 52.0 Å². The van der Waals surface area contributed by atoms with Crippen LogP contribution in [0.5, 0.6) is 0 Å². The lowest BCUT2D eigenvalue weighted by atomic mass is 9.79. The standard InChI is InChI=1S/C16H22N2/c1-3-7-15-14-8-5-6-9-16(14)18(17-15)13-10-12(4-2)11-13/h5-6,8-9,12-13H,3-4,7,10-11H2,1-2H3. The van der Waals surface area contributed by atoms with E-state index in [1.165, 1.54) is 42.3 Å². The molecule has 1 fully saturated rings. The summed E-state index contributed by atoms with van der Waals surface area (Å²) in [5, 5.41) is 6.25. The number of hydrogen-bond acceptors (Lipinski definition) is 1. The van der Waals surface area contributed by atoms with Crippen LogP contribution in [0.25, 0.3) is 10.9 Å². The average molecular weight is 242 g/mol. The van der Waals surface area contributed by atoms with E-state index in [1.807, 2.05) is 0 Å². The Morgan fingerprint density at radius 1 is 1.22 bits per heavy atom. The van der Waals surface area contributed by atoms with Crippen molar-refractivity contribution in [3.05, 3.63) is 30.0 Å². The molecule has 1 aliphatic rings. The summed E-state index contributed by atoms with van der Waals surface area (Å²) < 4.78 is 2.30. The molecule has 2 nitrogen and oxygen atoms in total. The Labute approximate surface area is 109 Å². The Balaban J connectivity index is 1.97. The minimum Gasteiger partial charge on any atom is -0.262 e. The lowest BCUT2D eigenvalue weighted by molar-refractivity contribution is 0.183. The molecule has 1 aromatic heterocycles. The van der Waals surface area contributed by atoms with Crippen LogP contribution < -0.4 is 0 Å². The van der Waals surface area contributed by atoms with Crippen LogP contribution in [0.15, 0.2) is 24.3 Å². The summed E-state index contributed by atoms with van der Waals surface area (Å²) in [7, 11) is 0. The largest absolute Gasteiger partial charge is 0.262 e. The molecule has 0 bridgehead atoms. The van der Waals surface area contributed by atoms with Crippen molar-refractivity contribution >= 4 is 10.9 Å². The third kappa shape index (κ3) is 1.84. The van der Waals surface area contributed by atoms with E-state index in [4.69, 9.17) is 5.10 Å². The van der Waals surface area contributed by atoms with E-state index in [9.17, 15) is 0 Å². The second-order valence-corrected chi connectivity index (χ2v) is 5.56. The van der Waals surface area contributed by atoms with Crippen molar-refractivity contribution in [2.24, 2.45) is 5.92 Å². The normalized spacial score (nSPS) is 23.2. The molecule has 0 spiro atoms. The van der Waals surface area contributed by atoms with Crippen molar-refractivity contribution in [2.75, 3.05) is 0 Å². The molecule has 1 aromatic carbocycles. The van der Waals surface area contributed by atoms with E-state index < -0.39 is 0 Å². The minimum absolute atomic E-state index is 0.644. The predicted octanol–water partition coefficient (Wildman–Crippen LogP) is 4.35. The lowest BCUT2D eigenvalue weighted by Crippen LogP contribution is -2.27. The lowest BCUT2D eigenvalue weighted by Gasteiger charge is -2.35. The van der Waals surface area contributed by atoms with Gasteiger partial charge in [-0.25, -0.2) is 0 Å². The van der Waals surface area contributed by atoms with E-state index >= 15 is 0 Å². The summed E-state index contributed by atoms with van der Waals surface area (Å²) in [6, 6.07) is 9.35. The van der Waals surface area contributed by atoms with Gasteiger partial charge in [-0.05, 0) is 31.2 Å². The molecule has 2 aromatic rings. The van der Waals surface area contributed by atoms with Gasteiger partial charge >= 0.3 is 0 Å². The molecule has 0 saturated heterocycles. The molecular formula is C16H22N2. The smallest absolute Gasteiger partial charge is 0.0703 e. The molecule has 2 heteroatoms. The van der Waals surface area contributed by atoms with Gasteiger partial charge in [0.15, 0.2) is 0 Å². The molecule has 0 aliphatic heterocycles. The van der Waals surface area contributed by atoms with Crippen LogP contribution in [-0.4, -0.2) is 9.78 Å². The highest BCUT2D eigenvalue weighted by Crippen LogP contribution is 2.41. The van der Waals surface area contributed by atoms with Crippen LogP contribution in [0.3, 0.4) is 0 Å². The van der Waals surface area contributed by atoms with Gasteiger partial charge in [0.05, 0.1) is 17.3 Å². The summed E-state index contributed by atoms with van der Waals surface area (Å²) >= 11 is 0. The van der Waals surface area contributed by atoms with Gasteiger partial charge in [0.1, 0.15) is 0 Å². The number of benzene rings is 1. The van der Waals surface area contributed by atoms with Crippen molar-refractivity contribution in [1.82, 2.24) is 9.78 Å². The van der Waals surface area contributed by atoms with Gasteiger partial charge in [-0.1, -0.05) is 44.9 Å². The molecule has 0 radical (unpaired) electrons. The van der Waals surface area contributed by atoms with E-state index in [0.29, 0.717) is 6.04 Å². The van der Waals surface area contributed by atoms with E-state index in [-0.39, 0.29) is 0 Å². The van der Waals surface area contributed by atoms with Crippen molar-refractivity contribution in [3.8, 4) is 0 Å². The van der Waals surface area contributed by atoms with Crippen molar-refractivity contribution in [3.63, 3.8) is 0 Å². The van der Waals surface area contributed by atoms with E-state index in [2.05, 4.69) is 42.8 Å². The molecule has 0 atom stereocenters. The van der Waals surface area contributed by atoms with Gasteiger partial charge in [0, 0.05) is 5.39 Å². The predicted molar refractivity (Wildman–Crippen MR) is 75.8 cm³/mol. The number of fused-ring (bicyclic) bond motifs is 1. The molecule has 1 heterocycles. The number of aromatic nitrogens is 2. The van der Waals surface area contributed by atoms with Gasteiger partial charge in [0.25, 0.3) is 0 Å². The topological polar surface area (TPSA) is 17.8 Å². The number of para-hydroxylation sites is 1. The Bertz CT molecular complexity index is 535. The summed E-state index contributed by atoms with van der Waals surface area (Å²) in [5.41, 5.74) is 2.62. The summed E-state index contributed by atoms with van der Waals surface area (Å²) in [5.74, 6) is 0.924. The first-order valence-corrected chi connectivity index (χ1v) is 7.29. The van der Waals surface area contributed by atoms with Gasteiger partial charge in [-0.3, -0.25) is 4.68 Å². The zero-order chi connectivity index (χ0) is 12.5. The fourth-order valence-electron chi connectivity index (χ4n) is 3.09. The van der Waals surface area contributed by atoms with Crippen LogP contribution in [0.2, 0.25) is 0 Å². The summed E-state index contributed by atoms with van der Waals surface area (Å²) in [6.45, 7) is 4.52. The second kappa shape index (κ2) is 4.75.